The predicted octanol–water partition coefficient (Wildman–Crippen LogP) is 4.03. The molecular weight excluding hydrogens is 376 g/mol. The SMILES string of the molecule is COc1ccccc1-c1ccc(N2CCC(C(=O)N(C)c3ccccc3)CC2)nn1. The summed E-state index contributed by atoms with van der Waals surface area (Å²) >= 11 is 0. The second-order valence-electron chi connectivity index (χ2n) is 7.47. The molecule has 2 heterocycles. The molecule has 1 saturated heterocycles. The van der Waals surface area contributed by atoms with Gasteiger partial charge in [0.15, 0.2) is 5.82 Å². The number of para-hydroxylation sites is 2. The van der Waals surface area contributed by atoms with Crippen molar-refractivity contribution in [3.8, 4) is 17.0 Å². The first-order valence-corrected chi connectivity index (χ1v) is 10.2. The minimum atomic E-state index is 0.0345. The van der Waals surface area contributed by atoms with E-state index in [0.717, 1.165) is 54.4 Å². The first kappa shape index (κ1) is 19.9. The lowest BCUT2D eigenvalue weighted by Crippen LogP contribution is -2.41. The molecule has 2 aromatic carbocycles. The van der Waals surface area contributed by atoms with Crippen LogP contribution in [0.5, 0.6) is 5.75 Å². The van der Waals surface area contributed by atoms with Crippen molar-refractivity contribution >= 4 is 17.4 Å². The number of amides is 1. The highest BCUT2D eigenvalue weighted by molar-refractivity contribution is 5.94. The number of carbonyl (C=O) groups excluding carboxylic acids is 1. The number of rotatable bonds is 5. The lowest BCUT2D eigenvalue weighted by Gasteiger charge is -2.33. The molecule has 0 atom stereocenters. The fourth-order valence-electron chi connectivity index (χ4n) is 3.90. The molecule has 0 N–H and O–H groups in total. The lowest BCUT2D eigenvalue weighted by molar-refractivity contribution is -0.122. The molecule has 1 aromatic heterocycles. The fourth-order valence-corrected chi connectivity index (χ4v) is 3.90. The Hall–Kier alpha value is -3.41. The number of aromatic nitrogens is 2. The Morgan fingerprint density at radius 3 is 2.33 bits per heavy atom. The number of anilines is 2. The van der Waals surface area contributed by atoms with Crippen molar-refractivity contribution in [3.05, 3.63) is 66.7 Å². The number of nitrogens with zero attached hydrogens (tertiary/aromatic N) is 4. The van der Waals surface area contributed by atoms with E-state index in [-0.39, 0.29) is 11.8 Å². The summed E-state index contributed by atoms with van der Waals surface area (Å²) in [5.41, 5.74) is 2.64. The normalized spacial score (nSPS) is 14.4. The van der Waals surface area contributed by atoms with Crippen molar-refractivity contribution in [1.29, 1.82) is 0 Å². The average Bonchev–Trinajstić information content (AvgIpc) is 2.84. The second-order valence-corrected chi connectivity index (χ2v) is 7.47. The van der Waals surface area contributed by atoms with Gasteiger partial charge < -0.3 is 14.5 Å². The molecule has 0 saturated carbocycles. The Balaban J connectivity index is 1.39. The largest absolute Gasteiger partial charge is 0.496 e. The van der Waals surface area contributed by atoms with Gasteiger partial charge in [-0.05, 0) is 49.2 Å². The molecule has 0 bridgehead atoms. The van der Waals surface area contributed by atoms with Crippen LogP contribution in [-0.4, -0.2) is 43.4 Å². The highest BCUT2D eigenvalue weighted by Crippen LogP contribution is 2.29. The monoisotopic (exact) mass is 402 g/mol. The van der Waals surface area contributed by atoms with Crippen LogP contribution in [0.15, 0.2) is 66.7 Å². The number of ether oxygens (including phenoxy) is 1. The summed E-state index contributed by atoms with van der Waals surface area (Å²) in [5, 5.41) is 8.84. The van der Waals surface area contributed by atoms with Crippen LogP contribution in [0.3, 0.4) is 0 Å². The van der Waals surface area contributed by atoms with E-state index < -0.39 is 0 Å². The van der Waals surface area contributed by atoms with Crippen LogP contribution in [0.4, 0.5) is 11.5 Å². The molecule has 154 valence electrons. The minimum absolute atomic E-state index is 0.0345. The van der Waals surface area contributed by atoms with Crippen LogP contribution in [0, 0.1) is 5.92 Å². The third-order valence-electron chi connectivity index (χ3n) is 5.68. The van der Waals surface area contributed by atoms with Gasteiger partial charge in [0.2, 0.25) is 5.91 Å². The van der Waals surface area contributed by atoms with Gasteiger partial charge in [-0.25, -0.2) is 0 Å². The van der Waals surface area contributed by atoms with Crippen LogP contribution in [0.1, 0.15) is 12.8 Å². The Morgan fingerprint density at radius 1 is 0.967 bits per heavy atom. The van der Waals surface area contributed by atoms with E-state index in [1.807, 2.05) is 73.8 Å². The molecule has 4 rings (SSSR count). The summed E-state index contributed by atoms with van der Waals surface area (Å²) in [4.78, 5) is 16.8. The van der Waals surface area contributed by atoms with Crippen molar-refractivity contribution in [1.82, 2.24) is 10.2 Å². The molecule has 6 heteroatoms. The van der Waals surface area contributed by atoms with E-state index in [1.54, 1.807) is 12.0 Å². The van der Waals surface area contributed by atoms with Crippen molar-refractivity contribution in [3.63, 3.8) is 0 Å². The van der Waals surface area contributed by atoms with Gasteiger partial charge in [0, 0.05) is 37.3 Å². The Bertz CT molecular complexity index is 984. The van der Waals surface area contributed by atoms with Crippen LogP contribution in [0.25, 0.3) is 11.3 Å². The number of piperidine rings is 1. The number of hydrogen-bond donors (Lipinski definition) is 0. The summed E-state index contributed by atoms with van der Waals surface area (Å²) in [6.07, 6.45) is 1.62. The molecule has 0 radical (unpaired) electrons. The highest BCUT2D eigenvalue weighted by atomic mass is 16.5. The second kappa shape index (κ2) is 8.95. The predicted molar refractivity (Wildman–Crippen MR) is 119 cm³/mol. The van der Waals surface area contributed by atoms with E-state index in [1.165, 1.54) is 0 Å². The maximum atomic E-state index is 12.9. The smallest absolute Gasteiger partial charge is 0.229 e. The van der Waals surface area contributed by atoms with E-state index in [0.29, 0.717) is 0 Å². The summed E-state index contributed by atoms with van der Waals surface area (Å²) in [5.74, 6) is 1.84. The average molecular weight is 402 g/mol. The zero-order chi connectivity index (χ0) is 20.9. The zero-order valence-corrected chi connectivity index (χ0v) is 17.4. The van der Waals surface area contributed by atoms with Crippen molar-refractivity contribution in [2.45, 2.75) is 12.8 Å². The maximum Gasteiger partial charge on any atom is 0.229 e. The molecule has 30 heavy (non-hydrogen) atoms. The highest BCUT2D eigenvalue weighted by Gasteiger charge is 2.28. The number of hydrogen-bond acceptors (Lipinski definition) is 5. The van der Waals surface area contributed by atoms with E-state index >= 15 is 0 Å². The summed E-state index contributed by atoms with van der Waals surface area (Å²) in [7, 11) is 3.51. The van der Waals surface area contributed by atoms with Gasteiger partial charge in [-0.3, -0.25) is 4.79 Å². The van der Waals surface area contributed by atoms with E-state index in [4.69, 9.17) is 4.74 Å². The molecular formula is C24H26N4O2. The molecule has 1 amide bonds. The van der Waals surface area contributed by atoms with Crippen LogP contribution in [-0.2, 0) is 4.79 Å². The fraction of sp³-hybridized carbons (Fsp3) is 0.292. The van der Waals surface area contributed by atoms with Crippen molar-refractivity contribution in [2.24, 2.45) is 5.92 Å². The minimum Gasteiger partial charge on any atom is -0.496 e. The quantitative estimate of drug-likeness (QED) is 0.645. The molecule has 1 fully saturated rings. The third kappa shape index (κ3) is 4.13. The van der Waals surface area contributed by atoms with Gasteiger partial charge in [-0.1, -0.05) is 30.3 Å². The summed E-state index contributed by atoms with van der Waals surface area (Å²) in [6.45, 7) is 1.59. The molecule has 6 nitrogen and oxygen atoms in total. The summed E-state index contributed by atoms with van der Waals surface area (Å²) in [6, 6.07) is 21.5. The topological polar surface area (TPSA) is 58.6 Å². The van der Waals surface area contributed by atoms with Crippen LogP contribution in [0.2, 0.25) is 0 Å². The van der Waals surface area contributed by atoms with Crippen molar-refractivity contribution < 1.29 is 9.53 Å². The van der Waals surface area contributed by atoms with Gasteiger partial charge in [-0.15, -0.1) is 10.2 Å². The zero-order valence-electron chi connectivity index (χ0n) is 17.4. The van der Waals surface area contributed by atoms with Gasteiger partial charge in [0.1, 0.15) is 5.75 Å². The van der Waals surface area contributed by atoms with Crippen LogP contribution >= 0.6 is 0 Å². The summed E-state index contributed by atoms with van der Waals surface area (Å²) < 4.78 is 5.42. The van der Waals surface area contributed by atoms with E-state index in [2.05, 4.69) is 15.1 Å². The first-order valence-electron chi connectivity index (χ1n) is 10.2. The molecule has 0 spiro atoms. The van der Waals surface area contributed by atoms with Crippen LogP contribution < -0.4 is 14.5 Å². The Morgan fingerprint density at radius 2 is 1.67 bits per heavy atom. The van der Waals surface area contributed by atoms with Gasteiger partial charge in [0.05, 0.1) is 12.8 Å². The number of carbonyl (C=O) groups is 1. The molecule has 3 aromatic rings. The lowest BCUT2D eigenvalue weighted by atomic mass is 9.95. The third-order valence-corrected chi connectivity index (χ3v) is 5.68. The van der Waals surface area contributed by atoms with Crippen molar-refractivity contribution in [2.75, 3.05) is 37.0 Å². The molecule has 0 unspecified atom stereocenters. The molecule has 1 aliphatic heterocycles. The molecule has 0 aliphatic carbocycles. The molecule has 1 aliphatic rings. The standard InChI is InChI=1S/C24H26N4O2/c1-27(19-8-4-3-5-9-19)24(29)18-14-16-28(17-15-18)23-13-12-21(25-26-23)20-10-6-7-11-22(20)30-2/h3-13,18H,14-17H2,1-2H3. The van der Waals surface area contributed by atoms with Gasteiger partial charge in [-0.2, -0.15) is 0 Å². The number of benzene rings is 2. The Labute approximate surface area is 177 Å². The number of methoxy groups -OCH3 is 1. The Kier molecular flexibility index (Phi) is 5.93. The van der Waals surface area contributed by atoms with Gasteiger partial charge in [0.25, 0.3) is 0 Å². The maximum absolute atomic E-state index is 12.9. The first-order chi connectivity index (χ1) is 14.7. The van der Waals surface area contributed by atoms with Gasteiger partial charge >= 0.3 is 0 Å². The van der Waals surface area contributed by atoms with E-state index in [9.17, 15) is 4.79 Å².